The first-order valence-electron chi connectivity index (χ1n) is 4.67. The highest BCUT2D eigenvalue weighted by Crippen LogP contribution is 2.38. The lowest BCUT2D eigenvalue weighted by Crippen LogP contribution is -2.24. The van der Waals surface area contributed by atoms with Gasteiger partial charge >= 0.3 is 0 Å². The minimum absolute atomic E-state index is 0.233. The number of hydrogen-bond acceptors (Lipinski definition) is 2. The molecule has 70 valence electrons. The summed E-state index contributed by atoms with van der Waals surface area (Å²) in [4.78, 5) is 1.38. The molecule has 2 rings (SSSR count). The van der Waals surface area contributed by atoms with Crippen molar-refractivity contribution in [2.24, 2.45) is 11.7 Å². The van der Waals surface area contributed by atoms with Crippen LogP contribution in [0.1, 0.15) is 24.1 Å². The number of nitrogens with two attached hydrogens (primary N) is 1. The summed E-state index contributed by atoms with van der Waals surface area (Å²) in [5.41, 5.74) is 8.78. The molecule has 0 aliphatic carbocycles. The van der Waals surface area contributed by atoms with E-state index in [9.17, 15) is 0 Å². The molecule has 2 N–H and O–H groups in total. The first-order chi connectivity index (χ1) is 6.18. The highest BCUT2D eigenvalue weighted by atomic mass is 32.2. The molecule has 1 aliphatic rings. The first-order valence-corrected chi connectivity index (χ1v) is 5.66. The molecule has 0 fully saturated rings. The molecule has 0 spiro atoms. The Bertz CT molecular complexity index is 322. The van der Waals surface area contributed by atoms with E-state index in [-0.39, 0.29) is 6.04 Å². The number of hydrogen-bond donors (Lipinski definition) is 1. The Kier molecular flexibility index (Phi) is 2.35. The summed E-state index contributed by atoms with van der Waals surface area (Å²) >= 11 is 1.93. The molecule has 0 aromatic heterocycles. The van der Waals surface area contributed by atoms with Crippen LogP contribution in [0.4, 0.5) is 0 Å². The van der Waals surface area contributed by atoms with Crippen molar-refractivity contribution in [3.63, 3.8) is 0 Å². The summed E-state index contributed by atoms with van der Waals surface area (Å²) in [6.07, 6.45) is 0. The predicted molar refractivity (Wildman–Crippen MR) is 58.0 cm³/mol. The molecule has 0 amide bonds. The third-order valence-electron chi connectivity index (χ3n) is 2.64. The monoisotopic (exact) mass is 193 g/mol. The van der Waals surface area contributed by atoms with Crippen LogP contribution >= 0.6 is 11.8 Å². The standard InChI is InChI=1S/C11H15NS/c1-7-3-4-9-10(5-7)13-6-8(2)11(9)12/h3-5,8,11H,6,12H2,1-2H3. The number of benzene rings is 1. The third-order valence-corrected chi connectivity index (χ3v) is 4.00. The fourth-order valence-electron chi connectivity index (χ4n) is 1.67. The number of thioether (sulfide) groups is 1. The average Bonchev–Trinajstić information content (AvgIpc) is 2.12. The Hall–Kier alpha value is -0.470. The van der Waals surface area contributed by atoms with Crippen LogP contribution in [0.25, 0.3) is 0 Å². The molecule has 2 heteroatoms. The maximum Gasteiger partial charge on any atom is 0.0340 e. The van der Waals surface area contributed by atoms with Crippen molar-refractivity contribution in [1.29, 1.82) is 0 Å². The zero-order valence-electron chi connectivity index (χ0n) is 8.08. The van der Waals surface area contributed by atoms with E-state index >= 15 is 0 Å². The Morgan fingerprint density at radius 2 is 2.23 bits per heavy atom. The number of aryl methyl sites for hydroxylation is 1. The number of rotatable bonds is 0. The number of fused-ring (bicyclic) bond motifs is 1. The van der Waals surface area contributed by atoms with Gasteiger partial charge in [-0.3, -0.25) is 0 Å². The van der Waals surface area contributed by atoms with Gasteiger partial charge in [-0.15, -0.1) is 11.8 Å². The van der Waals surface area contributed by atoms with Gasteiger partial charge in [-0.2, -0.15) is 0 Å². The van der Waals surface area contributed by atoms with E-state index in [0.29, 0.717) is 5.92 Å². The summed E-state index contributed by atoms with van der Waals surface area (Å²) < 4.78 is 0. The third kappa shape index (κ3) is 1.61. The SMILES string of the molecule is Cc1ccc2c(c1)SCC(C)C2N. The van der Waals surface area contributed by atoms with Gasteiger partial charge in [0.2, 0.25) is 0 Å². The minimum Gasteiger partial charge on any atom is -0.324 e. The summed E-state index contributed by atoms with van der Waals surface area (Å²) in [6, 6.07) is 6.80. The van der Waals surface area contributed by atoms with Crippen LogP contribution in [0.15, 0.2) is 23.1 Å². The molecule has 2 atom stereocenters. The normalized spacial score (nSPS) is 27.0. The van der Waals surface area contributed by atoms with Crippen molar-refractivity contribution in [1.82, 2.24) is 0 Å². The quantitative estimate of drug-likeness (QED) is 0.685. The highest BCUT2D eigenvalue weighted by molar-refractivity contribution is 7.99. The molecule has 1 heterocycles. The van der Waals surface area contributed by atoms with Crippen LogP contribution in [0.2, 0.25) is 0 Å². The van der Waals surface area contributed by atoms with Gasteiger partial charge in [-0.25, -0.2) is 0 Å². The Morgan fingerprint density at radius 1 is 1.46 bits per heavy atom. The molecule has 1 nitrogen and oxygen atoms in total. The fourth-order valence-corrected chi connectivity index (χ4v) is 2.96. The fraction of sp³-hybridized carbons (Fsp3) is 0.455. The molecule has 2 unspecified atom stereocenters. The summed E-state index contributed by atoms with van der Waals surface area (Å²) in [5.74, 6) is 1.75. The molecule has 1 aromatic rings. The van der Waals surface area contributed by atoms with E-state index in [4.69, 9.17) is 5.73 Å². The van der Waals surface area contributed by atoms with Gasteiger partial charge in [0.1, 0.15) is 0 Å². The molecule has 0 bridgehead atoms. The van der Waals surface area contributed by atoms with Crippen molar-refractivity contribution in [2.75, 3.05) is 5.75 Å². The topological polar surface area (TPSA) is 26.0 Å². The van der Waals surface area contributed by atoms with Crippen molar-refractivity contribution in [3.8, 4) is 0 Å². The van der Waals surface area contributed by atoms with Gasteiger partial charge < -0.3 is 5.73 Å². The van der Waals surface area contributed by atoms with E-state index < -0.39 is 0 Å². The van der Waals surface area contributed by atoms with Gasteiger partial charge in [0.05, 0.1) is 0 Å². The Morgan fingerprint density at radius 3 is 3.00 bits per heavy atom. The van der Waals surface area contributed by atoms with E-state index in [2.05, 4.69) is 32.0 Å². The van der Waals surface area contributed by atoms with Gasteiger partial charge in [0.15, 0.2) is 0 Å². The van der Waals surface area contributed by atoms with E-state index in [1.54, 1.807) is 0 Å². The van der Waals surface area contributed by atoms with E-state index in [1.807, 2.05) is 11.8 Å². The zero-order chi connectivity index (χ0) is 9.42. The molecule has 0 radical (unpaired) electrons. The summed E-state index contributed by atoms with van der Waals surface area (Å²) in [5, 5.41) is 0. The second kappa shape index (κ2) is 3.35. The molecular formula is C11H15NS. The Labute approximate surface area is 83.7 Å². The van der Waals surface area contributed by atoms with Crippen LogP contribution in [0.3, 0.4) is 0 Å². The molecule has 1 aromatic carbocycles. The zero-order valence-corrected chi connectivity index (χ0v) is 8.90. The highest BCUT2D eigenvalue weighted by Gasteiger charge is 2.23. The first kappa shape index (κ1) is 9.10. The van der Waals surface area contributed by atoms with Crippen molar-refractivity contribution >= 4 is 11.8 Å². The lowest BCUT2D eigenvalue weighted by Gasteiger charge is -2.27. The maximum atomic E-state index is 6.13. The van der Waals surface area contributed by atoms with Gasteiger partial charge in [-0.1, -0.05) is 19.1 Å². The van der Waals surface area contributed by atoms with Gasteiger partial charge in [-0.05, 0) is 30.0 Å². The lowest BCUT2D eigenvalue weighted by molar-refractivity contribution is 0.507. The molecule has 1 aliphatic heterocycles. The largest absolute Gasteiger partial charge is 0.324 e. The van der Waals surface area contributed by atoms with Crippen LogP contribution in [-0.2, 0) is 0 Å². The van der Waals surface area contributed by atoms with Crippen LogP contribution < -0.4 is 5.73 Å². The average molecular weight is 193 g/mol. The lowest BCUT2D eigenvalue weighted by atomic mass is 9.95. The predicted octanol–water partition coefficient (Wildman–Crippen LogP) is 2.74. The Balaban J connectivity index is 2.44. The van der Waals surface area contributed by atoms with Gasteiger partial charge in [0.25, 0.3) is 0 Å². The minimum atomic E-state index is 0.233. The van der Waals surface area contributed by atoms with Crippen molar-refractivity contribution < 1.29 is 0 Å². The summed E-state index contributed by atoms with van der Waals surface area (Å²) in [7, 11) is 0. The van der Waals surface area contributed by atoms with Crippen molar-refractivity contribution in [2.45, 2.75) is 24.8 Å². The van der Waals surface area contributed by atoms with E-state index in [0.717, 1.165) is 5.75 Å². The molecule has 13 heavy (non-hydrogen) atoms. The van der Waals surface area contributed by atoms with Crippen LogP contribution in [0.5, 0.6) is 0 Å². The maximum absolute atomic E-state index is 6.13. The molecular weight excluding hydrogens is 178 g/mol. The summed E-state index contributed by atoms with van der Waals surface area (Å²) in [6.45, 7) is 4.35. The van der Waals surface area contributed by atoms with Gasteiger partial charge in [0, 0.05) is 16.7 Å². The van der Waals surface area contributed by atoms with Crippen LogP contribution in [-0.4, -0.2) is 5.75 Å². The smallest absolute Gasteiger partial charge is 0.0340 e. The molecule has 0 saturated heterocycles. The second-order valence-corrected chi connectivity index (χ2v) is 4.92. The second-order valence-electron chi connectivity index (χ2n) is 3.86. The van der Waals surface area contributed by atoms with E-state index in [1.165, 1.54) is 16.0 Å². The van der Waals surface area contributed by atoms with Crippen molar-refractivity contribution in [3.05, 3.63) is 29.3 Å². The molecule has 0 saturated carbocycles. The van der Waals surface area contributed by atoms with Crippen LogP contribution in [0, 0.1) is 12.8 Å².